The monoisotopic (exact) mass is 313 g/mol. The zero-order valence-corrected chi connectivity index (χ0v) is 12.6. The smallest absolute Gasteiger partial charge is 0.360 e. The maximum atomic E-state index is 11.5. The Labute approximate surface area is 127 Å². The molecule has 1 aromatic heterocycles. The first-order chi connectivity index (χ1) is 10.4. The van der Waals surface area contributed by atoms with E-state index in [2.05, 4.69) is 10.3 Å². The molecule has 0 spiro atoms. The maximum absolute atomic E-state index is 11.5. The van der Waals surface area contributed by atoms with E-state index >= 15 is 0 Å². The van der Waals surface area contributed by atoms with Crippen molar-refractivity contribution < 1.29 is 28.8 Å². The highest BCUT2D eigenvalue weighted by molar-refractivity contribution is 5.86. The first-order valence-corrected chi connectivity index (χ1v) is 7.16. The van der Waals surface area contributed by atoms with Crippen LogP contribution in [0.15, 0.2) is 6.20 Å². The number of hydrogen-bond donors (Lipinski definition) is 1. The standard InChI is InChI=1S/C13H19N3O6/c1-4-19-11(18)7-5-16(15-14-7)6-8-9(17)10-12(20-8)22-13(2,3)21-10/h5,8-10,12,17H,4,6H2,1-3H3/t8-,9+,10-,12-/m1/s1. The number of aliphatic hydroxyl groups is 1. The molecule has 0 aromatic carbocycles. The number of ether oxygens (including phenoxy) is 4. The molecule has 0 radical (unpaired) electrons. The highest BCUT2D eigenvalue weighted by atomic mass is 16.8. The van der Waals surface area contributed by atoms with Gasteiger partial charge in [0.2, 0.25) is 0 Å². The molecule has 2 fully saturated rings. The fraction of sp³-hybridized carbons (Fsp3) is 0.769. The van der Waals surface area contributed by atoms with Crippen LogP contribution in [0.2, 0.25) is 0 Å². The second kappa shape index (κ2) is 5.58. The van der Waals surface area contributed by atoms with Gasteiger partial charge in [-0.2, -0.15) is 0 Å². The first kappa shape index (κ1) is 15.3. The molecule has 4 atom stereocenters. The van der Waals surface area contributed by atoms with Crippen LogP contribution in [0.4, 0.5) is 0 Å². The van der Waals surface area contributed by atoms with Crippen molar-refractivity contribution in [3.05, 3.63) is 11.9 Å². The Kier molecular flexibility index (Phi) is 3.89. The summed E-state index contributed by atoms with van der Waals surface area (Å²) in [5, 5.41) is 17.8. The van der Waals surface area contributed by atoms with E-state index in [0.717, 1.165) is 0 Å². The molecule has 2 saturated heterocycles. The summed E-state index contributed by atoms with van der Waals surface area (Å²) in [5.41, 5.74) is 0.114. The number of carbonyl (C=O) groups excluding carboxylic acids is 1. The van der Waals surface area contributed by atoms with Gasteiger partial charge in [-0.05, 0) is 20.8 Å². The van der Waals surface area contributed by atoms with Gasteiger partial charge in [0, 0.05) is 0 Å². The van der Waals surface area contributed by atoms with E-state index in [1.165, 1.54) is 10.9 Å². The molecule has 0 amide bonds. The number of fused-ring (bicyclic) bond motifs is 1. The molecular weight excluding hydrogens is 294 g/mol. The Morgan fingerprint density at radius 3 is 2.95 bits per heavy atom. The van der Waals surface area contributed by atoms with E-state index in [0.29, 0.717) is 0 Å². The molecule has 3 heterocycles. The number of esters is 1. The topological polar surface area (TPSA) is 105 Å². The lowest BCUT2D eigenvalue weighted by atomic mass is 10.1. The SMILES string of the molecule is CCOC(=O)c1cn(C[C@H]2O[C@@H]3OC(C)(C)O[C@@H]3[C@H]2O)nn1. The van der Waals surface area contributed by atoms with Crippen LogP contribution in [0.25, 0.3) is 0 Å². The van der Waals surface area contributed by atoms with E-state index in [-0.39, 0.29) is 18.8 Å². The summed E-state index contributed by atoms with van der Waals surface area (Å²) >= 11 is 0. The number of rotatable bonds is 4. The molecule has 0 saturated carbocycles. The quantitative estimate of drug-likeness (QED) is 0.755. The van der Waals surface area contributed by atoms with Crippen LogP contribution in [0.3, 0.4) is 0 Å². The number of hydrogen-bond acceptors (Lipinski definition) is 8. The van der Waals surface area contributed by atoms with Gasteiger partial charge in [0.15, 0.2) is 17.8 Å². The minimum Gasteiger partial charge on any atom is -0.461 e. The third-order valence-corrected chi connectivity index (χ3v) is 3.50. The molecule has 3 rings (SSSR count). The van der Waals surface area contributed by atoms with Gasteiger partial charge in [0.25, 0.3) is 0 Å². The van der Waals surface area contributed by atoms with Crippen molar-refractivity contribution >= 4 is 5.97 Å². The fourth-order valence-electron chi connectivity index (χ4n) is 2.58. The zero-order chi connectivity index (χ0) is 15.9. The Balaban J connectivity index is 1.62. The van der Waals surface area contributed by atoms with Crippen molar-refractivity contribution in [3.8, 4) is 0 Å². The molecule has 0 aliphatic carbocycles. The van der Waals surface area contributed by atoms with Gasteiger partial charge in [0.05, 0.1) is 19.3 Å². The predicted molar refractivity (Wildman–Crippen MR) is 70.7 cm³/mol. The Morgan fingerprint density at radius 1 is 1.50 bits per heavy atom. The van der Waals surface area contributed by atoms with Crippen molar-refractivity contribution in [1.29, 1.82) is 0 Å². The minimum atomic E-state index is -0.845. The van der Waals surface area contributed by atoms with Crippen LogP contribution < -0.4 is 0 Å². The normalized spacial score (nSPS) is 32.9. The van der Waals surface area contributed by atoms with Crippen molar-refractivity contribution in [2.75, 3.05) is 6.61 Å². The summed E-state index contributed by atoms with van der Waals surface area (Å²) in [7, 11) is 0. The zero-order valence-electron chi connectivity index (χ0n) is 12.6. The lowest BCUT2D eigenvalue weighted by molar-refractivity contribution is -0.216. The molecule has 2 aliphatic rings. The lowest BCUT2D eigenvalue weighted by Gasteiger charge is -2.22. The summed E-state index contributed by atoms with van der Waals surface area (Å²) in [6, 6.07) is 0. The maximum Gasteiger partial charge on any atom is 0.360 e. The van der Waals surface area contributed by atoms with Crippen molar-refractivity contribution in [2.45, 2.75) is 57.7 Å². The third kappa shape index (κ3) is 2.84. The van der Waals surface area contributed by atoms with Gasteiger partial charge in [-0.1, -0.05) is 5.21 Å². The van der Waals surface area contributed by atoms with Gasteiger partial charge in [-0.3, -0.25) is 0 Å². The molecule has 122 valence electrons. The van der Waals surface area contributed by atoms with Crippen molar-refractivity contribution in [2.24, 2.45) is 0 Å². The minimum absolute atomic E-state index is 0.114. The average molecular weight is 313 g/mol. The van der Waals surface area contributed by atoms with E-state index in [4.69, 9.17) is 18.9 Å². The molecule has 2 aliphatic heterocycles. The molecule has 1 aromatic rings. The van der Waals surface area contributed by atoms with Crippen LogP contribution in [-0.2, 0) is 25.5 Å². The molecule has 9 heteroatoms. The summed E-state index contributed by atoms with van der Waals surface area (Å²) in [4.78, 5) is 11.5. The van der Waals surface area contributed by atoms with Crippen LogP contribution in [0, 0.1) is 0 Å². The lowest BCUT2D eigenvalue weighted by Crippen LogP contribution is -2.36. The largest absolute Gasteiger partial charge is 0.461 e. The Bertz CT molecular complexity index is 560. The van der Waals surface area contributed by atoms with Crippen molar-refractivity contribution in [1.82, 2.24) is 15.0 Å². The predicted octanol–water partition coefficient (Wildman–Crippen LogP) is -0.308. The van der Waals surface area contributed by atoms with Crippen LogP contribution in [0.1, 0.15) is 31.3 Å². The number of nitrogens with zero attached hydrogens (tertiary/aromatic N) is 3. The van der Waals surface area contributed by atoms with Gasteiger partial charge < -0.3 is 24.1 Å². The van der Waals surface area contributed by atoms with E-state index in [1.807, 2.05) is 0 Å². The Hall–Kier alpha value is -1.55. The van der Waals surface area contributed by atoms with E-state index in [9.17, 15) is 9.90 Å². The number of aromatic nitrogens is 3. The summed E-state index contributed by atoms with van der Waals surface area (Å²) < 4.78 is 23.1. The second-order valence-corrected chi connectivity index (χ2v) is 5.68. The van der Waals surface area contributed by atoms with Crippen molar-refractivity contribution in [3.63, 3.8) is 0 Å². The summed E-state index contributed by atoms with van der Waals surface area (Å²) in [5.74, 6) is -1.31. The van der Waals surface area contributed by atoms with Gasteiger partial charge in [0.1, 0.15) is 18.3 Å². The van der Waals surface area contributed by atoms with E-state index in [1.54, 1.807) is 20.8 Å². The highest BCUT2D eigenvalue weighted by Gasteiger charge is 2.54. The van der Waals surface area contributed by atoms with Crippen LogP contribution in [0.5, 0.6) is 0 Å². The molecule has 22 heavy (non-hydrogen) atoms. The molecule has 0 bridgehead atoms. The second-order valence-electron chi connectivity index (χ2n) is 5.68. The van der Waals surface area contributed by atoms with Gasteiger partial charge in [-0.25, -0.2) is 9.48 Å². The van der Waals surface area contributed by atoms with E-state index < -0.39 is 36.4 Å². The third-order valence-electron chi connectivity index (χ3n) is 3.50. The Morgan fingerprint density at radius 2 is 2.27 bits per heavy atom. The van der Waals surface area contributed by atoms with Crippen LogP contribution in [-0.4, -0.2) is 63.1 Å². The molecule has 0 unspecified atom stereocenters. The first-order valence-electron chi connectivity index (χ1n) is 7.16. The number of aliphatic hydroxyl groups excluding tert-OH is 1. The molecule has 1 N–H and O–H groups in total. The van der Waals surface area contributed by atoms with Crippen LogP contribution >= 0.6 is 0 Å². The highest BCUT2D eigenvalue weighted by Crippen LogP contribution is 2.37. The number of carbonyl (C=O) groups is 1. The fourth-order valence-corrected chi connectivity index (χ4v) is 2.58. The van der Waals surface area contributed by atoms with Gasteiger partial charge in [-0.15, -0.1) is 5.10 Å². The molecular formula is C13H19N3O6. The average Bonchev–Trinajstić information content (AvgIpc) is 3.08. The summed E-state index contributed by atoms with van der Waals surface area (Å²) in [6.45, 7) is 5.74. The molecule has 9 nitrogen and oxygen atoms in total. The van der Waals surface area contributed by atoms with Gasteiger partial charge >= 0.3 is 5.97 Å². The summed E-state index contributed by atoms with van der Waals surface area (Å²) in [6.07, 6.45) is -1.09.